The molecule has 4 heteroatoms. The Kier molecular flexibility index (Phi) is 2.36. The molecule has 15 heavy (non-hydrogen) atoms. The smallest absolute Gasteiger partial charge is 0.342 e. The van der Waals surface area contributed by atoms with Crippen molar-refractivity contribution >= 4 is 5.97 Å². The summed E-state index contributed by atoms with van der Waals surface area (Å²) in [7, 11) is 1.55. The number of esters is 1. The van der Waals surface area contributed by atoms with Crippen molar-refractivity contribution in [1.82, 2.24) is 0 Å². The summed E-state index contributed by atoms with van der Waals surface area (Å²) >= 11 is 0. The molecule has 0 spiro atoms. The van der Waals surface area contributed by atoms with Gasteiger partial charge in [-0.2, -0.15) is 0 Å². The van der Waals surface area contributed by atoms with Gasteiger partial charge in [0.15, 0.2) is 0 Å². The van der Waals surface area contributed by atoms with Gasteiger partial charge in [-0.15, -0.1) is 0 Å². The van der Waals surface area contributed by atoms with E-state index in [4.69, 9.17) is 9.47 Å². The zero-order valence-corrected chi connectivity index (χ0v) is 8.56. The second-order valence-corrected chi connectivity index (χ2v) is 3.51. The lowest BCUT2D eigenvalue weighted by molar-refractivity contribution is -0.0392. The van der Waals surface area contributed by atoms with E-state index in [0.29, 0.717) is 5.56 Å². The van der Waals surface area contributed by atoms with Crippen LogP contribution in [0.4, 0.5) is 0 Å². The van der Waals surface area contributed by atoms with Crippen LogP contribution in [-0.4, -0.2) is 24.3 Å². The number of hydrogen-bond acceptors (Lipinski definition) is 4. The average molecular weight is 208 g/mol. The molecule has 0 amide bonds. The van der Waals surface area contributed by atoms with Gasteiger partial charge in [0.25, 0.3) is 0 Å². The third-order valence-corrected chi connectivity index (χ3v) is 2.56. The first-order valence-corrected chi connectivity index (χ1v) is 4.70. The highest BCUT2D eigenvalue weighted by molar-refractivity contribution is 5.95. The van der Waals surface area contributed by atoms with E-state index < -0.39 is 5.97 Å². The summed E-state index contributed by atoms with van der Waals surface area (Å²) in [6.07, 6.45) is -0.651. The first-order chi connectivity index (χ1) is 7.15. The molecule has 80 valence electrons. The topological polar surface area (TPSA) is 55.8 Å². The van der Waals surface area contributed by atoms with E-state index in [0.717, 1.165) is 0 Å². The quantitative estimate of drug-likeness (QED) is 0.713. The van der Waals surface area contributed by atoms with Crippen LogP contribution >= 0.6 is 0 Å². The molecule has 0 saturated carbocycles. The number of hydrogen-bond donors (Lipinski definition) is 1. The highest BCUT2D eigenvalue weighted by Crippen LogP contribution is 2.35. The molecular weight excluding hydrogens is 196 g/mol. The van der Waals surface area contributed by atoms with Crippen LogP contribution in [0.25, 0.3) is 0 Å². The molecule has 0 bridgehead atoms. The fraction of sp³-hybridized carbons (Fsp3) is 0.364. The normalized spacial score (nSPS) is 24.5. The third-order valence-electron chi connectivity index (χ3n) is 2.56. The Morgan fingerprint density at radius 1 is 1.47 bits per heavy atom. The largest absolute Gasteiger partial charge is 0.507 e. The van der Waals surface area contributed by atoms with Gasteiger partial charge in [-0.3, -0.25) is 0 Å². The molecule has 4 nitrogen and oxygen atoms in total. The number of ether oxygens (including phenoxy) is 2. The summed E-state index contributed by atoms with van der Waals surface area (Å²) in [5, 5.41) is 9.57. The highest BCUT2D eigenvalue weighted by Gasteiger charge is 2.34. The number of phenols is 1. The van der Waals surface area contributed by atoms with Crippen molar-refractivity contribution < 1.29 is 19.4 Å². The number of methoxy groups -OCH3 is 1. The second kappa shape index (κ2) is 3.55. The van der Waals surface area contributed by atoms with E-state index in [1.54, 1.807) is 26.2 Å². The van der Waals surface area contributed by atoms with Gasteiger partial charge in [-0.1, -0.05) is 12.1 Å². The van der Waals surface area contributed by atoms with Gasteiger partial charge in [0.05, 0.1) is 0 Å². The Morgan fingerprint density at radius 3 is 2.87 bits per heavy atom. The lowest BCUT2D eigenvalue weighted by Crippen LogP contribution is -2.31. The van der Waals surface area contributed by atoms with Crippen molar-refractivity contribution in [2.24, 2.45) is 0 Å². The van der Waals surface area contributed by atoms with Crippen LogP contribution in [0.2, 0.25) is 0 Å². The lowest BCUT2D eigenvalue weighted by atomic mass is 9.95. The monoisotopic (exact) mass is 208 g/mol. The van der Waals surface area contributed by atoms with Crippen LogP contribution < -0.4 is 0 Å². The van der Waals surface area contributed by atoms with Crippen LogP contribution in [-0.2, 0) is 9.47 Å². The van der Waals surface area contributed by atoms with E-state index in [1.165, 1.54) is 6.07 Å². The molecule has 0 aromatic heterocycles. The number of benzene rings is 1. The number of carbonyl (C=O) groups is 1. The fourth-order valence-corrected chi connectivity index (χ4v) is 1.88. The minimum Gasteiger partial charge on any atom is -0.507 e. The van der Waals surface area contributed by atoms with E-state index in [1.807, 2.05) is 0 Å². The maximum atomic E-state index is 11.5. The molecule has 0 fully saturated rings. The van der Waals surface area contributed by atoms with Gasteiger partial charge in [-0.05, 0) is 13.0 Å². The molecule has 2 rings (SSSR count). The fourth-order valence-electron chi connectivity index (χ4n) is 1.88. The Labute approximate surface area is 87.4 Å². The number of carbonyl (C=O) groups excluding carboxylic acids is 1. The zero-order valence-electron chi connectivity index (χ0n) is 8.56. The predicted molar refractivity (Wildman–Crippen MR) is 52.7 cm³/mol. The Hall–Kier alpha value is -1.55. The van der Waals surface area contributed by atoms with Crippen LogP contribution in [0.5, 0.6) is 5.75 Å². The Bertz CT molecular complexity index is 400. The maximum Gasteiger partial charge on any atom is 0.342 e. The molecule has 0 aliphatic carbocycles. The van der Waals surface area contributed by atoms with Crippen molar-refractivity contribution in [2.75, 3.05) is 7.11 Å². The molecular formula is C11H12O4. The van der Waals surface area contributed by atoms with Gasteiger partial charge >= 0.3 is 5.97 Å². The van der Waals surface area contributed by atoms with Gasteiger partial charge in [0.1, 0.15) is 23.5 Å². The molecule has 1 aliphatic heterocycles. The van der Waals surface area contributed by atoms with Crippen molar-refractivity contribution in [3.8, 4) is 5.75 Å². The summed E-state index contributed by atoms with van der Waals surface area (Å²) in [6, 6.07) is 4.91. The van der Waals surface area contributed by atoms with E-state index in [-0.39, 0.29) is 23.5 Å². The summed E-state index contributed by atoms with van der Waals surface area (Å²) in [5.74, 6) is -0.560. The number of cyclic esters (lactones) is 1. The molecule has 1 heterocycles. The first-order valence-electron chi connectivity index (χ1n) is 4.70. The molecule has 1 aromatic carbocycles. The molecule has 0 saturated heterocycles. The number of fused-ring (bicyclic) bond motifs is 1. The van der Waals surface area contributed by atoms with E-state index >= 15 is 0 Å². The summed E-state index contributed by atoms with van der Waals surface area (Å²) < 4.78 is 10.3. The van der Waals surface area contributed by atoms with Crippen molar-refractivity contribution in [3.63, 3.8) is 0 Å². The summed E-state index contributed by atoms with van der Waals surface area (Å²) in [5.41, 5.74) is 0.892. The minimum absolute atomic E-state index is 0.0635. The Morgan fingerprint density at radius 2 is 2.20 bits per heavy atom. The molecule has 2 atom stereocenters. The third kappa shape index (κ3) is 1.47. The van der Waals surface area contributed by atoms with Crippen molar-refractivity contribution in [1.29, 1.82) is 0 Å². The Balaban J connectivity index is 2.58. The van der Waals surface area contributed by atoms with Crippen LogP contribution in [0, 0.1) is 0 Å². The van der Waals surface area contributed by atoms with Gasteiger partial charge in [0.2, 0.25) is 0 Å². The SMILES string of the molecule is COC1c2cccc(O)c2C(=O)OC1C. The molecule has 0 radical (unpaired) electrons. The predicted octanol–water partition coefficient (Wildman–Crippen LogP) is 1.64. The van der Waals surface area contributed by atoms with Crippen LogP contribution in [0.15, 0.2) is 18.2 Å². The maximum absolute atomic E-state index is 11.5. The molecule has 2 unspecified atom stereocenters. The minimum atomic E-state index is -0.496. The van der Waals surface area contributed by atoms with Gasteiger partial charge in [-0.25, -0.2) is 4.79 Å². The van der Waals surface area contributed by atoms with E-state index in [9.17, 15) is 9.90 Å². The number of aromatic hydroxyl groups is 1. The molecule has 1 N–H and O–H groups in total. The summed E-state index contributed by atoms with van der Waals surface area (Å²) in [6.45, 7) is 1.76. The zero-order chi connectivity index (χ0) is 11.0. The number of rotatable bonds is 1. The molecule has 1 aliphatic rings. The van der Waals surface area contributed by atoms with Crippen molar-refractivity contribution in [3.05, 3.63) is 29.3 Å². The van der Waals surface area contributed by atoms with E-state index in [2.05, 4.69) is 0 Å². The van der Waals surface area contributed by atoms with Crippen LogP contribution in [0.3, 0.4) is 0 Å². The number of phenolic OH excluding ortho intramolecular Hbond substituents is 1. The summed E-state index contributed by atoms with van der Waals surface area (Å²) in [4.78, 5) is 11.5. The standard InChI is InChI=1S/C11H12O4/c1-6-10(14-2)7-4-3-5-8(12)9(7)11(13)15-6/h3-6,10,12H,1-2H3. The van der Waals surface area contributed by atoms with Crippen molar-refractivity contribution in [2.45, 2.75) is 19.1 Å². The first kappa shape index (κ1) is 9.98. The van der Waals surface area contributed by atoms with Gasteiger partial charge in [0, 0.05) is 12.7 Å². The second-order valence-electron chi connectivity index (χ2n) is 3.51. The highest BCUT2D eigenvalue weighted by atomic mass is 16.6. The molecule has 1 aromatic rings. The average Bonchev–Trinajstić information content (AvgIpc) is 2.17. The van der Waals surface area contributed by atoms with Crippen LogP contribution in [0.1, 0.15) is 28.9 Å². The van der Waals surface area contributed by atoms with Gasteiger partial charge < -0.3 is 14.6 Å². The lowest BCUT2D eigenvalue weighted by Gasteiger charge is -2.29.